The minimum absolute atomic E-state index is 0.168. The number of H-pyrrole nitrogens is 1. The van der Waals surface area contributed by atoms with E-state index >= 15 is 0 Å². The Morgan fingerprint density at radius 1 is 1.20 bits per heavy atom. The van der Waals surface area contributed by atoms with E-state index in [1.165, 1.54) is 11.8 Å². The summed E-state index contributed by atoms with van der Waals surface area (Å²) in [7, 11) is 0. The first kappa shape index (κ1) is 19.0. The summed E-state index contributed by atoms with van der Waals surface area (Å²) < 4.78 is 5.12. The summed E-state index contributed by atoms with van der Waals surface area (Å²) in [6.07, 6.45) is -0.171. The monoisotopic (exact) mass is 362 g/mol. The molecule has 25 heavy (non-hydrogen) atoms. The number of hydrogen-bond acceptors (Lipinski definition) is 6. The Labute approximate surface area is 150 Å². The average molecular weight is 362 g/mol. The number of esters is 1. The van der Waals surface area contributed by atoms with Crippen LogP contribution in [0.5, 0.6) is 0 Å². The first-order valence-electron chi connectivity index (χ1n) is 8.01. The van der Waals surface area contributed by atoms with Crippen molar-refractivity contribution in [2.45, 2.75) is 44.9 Å². The van der Waals surface area contributed by atoms with Crippen molar-refractivity contribution < 1.29 is 14.3 Å². The summed E-state index contributed by atoms with van der Waals surface area (Å²) in [6, 6.07) is 6.58. The Morgan fingerprint density at radius 3 is 2.44 bits per heavy atom. The fourth-order valence-electron chi connectivity index (χ4n) is 1.88. The molecule has 1 aromatic heterocycles. The van der Waals surface area contributed by atoms with E-state index in [9.17, 15) is 9.59 Å². The molecule has 2 rings (SSSR count). The van der Waals surface area contributed by atoms with Crippen molar-refractivity contribution in [1.29, 1.82) is 0 Å². The molecule has 0 fully saturated rings. The summed E-state index contributed by atoms with van der Waals surface area (Å²) in [4.78, 5) is 28.1. The molecule has 2 N–H and O–H groups in total. The number of amides is 1. The molecule has 1 heterocycles. The second-order valence-corrected chi connectivity index (χ2v) is 6.97. The lowest BCUT2D eigenvalue weighted by Gasteiger charge is -2.08. The van der Waals surface area contributed by atoms with Crippen LogP contribution in [0.25, 0.3) is 0 Å². The molecule has 0 saturated carbocycles. The fourth-order valence-corrected chi connectivity index (χ4v) is 2.49. The van der Waals surface area contributed by atoms with E-state index in [1.807, 2.05) is 13.8 Å². The minimum Gasteiger partial charge on any atom is -0.459 e. The van der Waals surface area contributed by atoms with Crippen LogP contribution >= 0.6 is 11.8 Å². The van der Waals surface area contributed by atoms with Crippen molar-refractivity contribution in [3.8, 4) is 0 Å². The van der Waals surface area contributed by atoms with Crippen LogP contribution < -0.4 is 5.32 Å². The Bertz CT molecular complexity index is 726. The highest BCUT2D eigenvalue weighted by Crippen LogP contribution is 2.17. The van der Waals surface area contributed by atoms with Crippen LogP contribution in [0.15, 0.2) is 29.4 Å². The summed E-state index contributed by atoms with van der Waals surface area (Å²) in [5.41, 5.74) is 1.06. The predicted octanol–water partition coefficient (Wildman–Crippen LogP) is 3.22. The maximum absolute atomic E-state index is 12.0. The highest BCUT2D eigenvalue weighted by Gasteiger charge is 2.11. The van der Waals surface area contributed by atoms with Crippen LogP contribution in [0.4, 0.5) is 5.69 Å². The van der Waals surface area contributed by atoms with Gasteiger partial charge in [0.05, 0.1) is 17.4 Å². The number of anilines is 1. The third-order valence-corrected chi connectivity index (χ3v) is 3.96. The summed E-state index contributed by atoms with van der Waals surface area (Å²) in [5.74, 6) is 0.711. The van der Waals surface area contributed by atoms with Gasteiger partial charge in [-0.1, -0.05) is 25.6 Å². The number of nitrogens with one attached hydrogen (secondary N) is 2. The van der Waals surface area contributed by atoms with Crippen LogP contribution in [0, 0.1) is 0 Å². The highest BCUT2D eigenvalue weighted by atomic mass is 32.2. The highest BCUT2D eigenvalue weighted by molar-refractivity contribution is 7.99. The van der Waals surface area contributed by atoms with Crippen LogP contribution in [-0.2, 0) is 9.53 Å². The molecule has 134 valence electrons. The molecule has 0 aliphatic rings. The number of aromatic amines is 1. The van der Waals surface area contributed by atoms with Crippen LogP contribution in [-0.4, -0.2) is 38.9 Å². The molecule has 0 aliphatic carbocycles. The number of ether oxygens (including phenoxy) is 1. The lowest BCUT2D eigenvalue weighted by atomic mass is 10.2. The number of rotatable bonds is 7. The van der Waals surface area contributed by atoms with Crippen molar-refractivity contribution in [3.63, 3.8) is 0 Å². The van der Waals surface area contributed by atoms with Crippen molar-refractivity contribution in [2.24, 2.45) is 0 Å². The standard InChI is InChI=1S/C17H22N4O3S/c1-10(2)15-19-17(21-20-15)25-9-14(22)18-13-7-5-12(6-8-13)16(23)24-11(3)4/h5-8,10-11H,9H2,1-4H3,(H,18,22)(H,19,20,21). The lowest BCUT2D eigenvalue weighted by Crippen LogP contribution is -2.15. The zero-order valence-corrected chi connectivity index (χ0v) is 15.5. The van der Waals surface area contributed by atoms with Gasteiger partial charge in [0.1, 0.15) is 5.82 Å². The van der Waals surface area contributed by atoms with Gasteiger partial charge in [0, 0.05) is 11.6 Å². The Morgan fingerprint density at radius 2 is 1.88 bits per heavy atom. The van der Waals surface area contributed by atoms with E-state index in [1.54, 1.807) is 38.1 Å². The number of carbonyl (C=O) groups excluding carboxylic acids is 2. The van der Waals surface area contributed by atoms with Crippen molar-refractivity contribution >= 4 is 29.3 Å². The summed E-state index contributed by atoms with van der Waals surface area (Å²) in [6.45, 7) is 7.62. The zero-order chi connectivity index (χ0) is 18.4. The van der Waals surface area contributed by atoms with Crippen molar-refractivity contribution in [1.82, 2.24) is 15.2 Å². The molecule has 0 saturated heterocycles. The summed E-state index contributed by atoms with van der Waals surface area (Å²) >= 11 is 1.26. The van der Waals surface area contributed by atoms with E-state index in [2.05, 4.69) is 20.5 Å². The van der Waals surface area contributed by atoms with E-state index < -0.39 is 0 Å². The zero-order valence-electron chi connectivity index (χ0n) is 14.7. The van der Waals surface area contributed by atoms with E-state index in [0.717, 1.165) is 5.82 Å². The average Bonchev–Trinajstić information content (AvgIpc) is 3.02. The molecule has 8 heteroatoms. The number of nitrogens with zero attached hydrogens (tertiary/aromatic N) is 2. The second kappa shape index (κ2) is 8.66. The molecule has 0 bridgehead atoms. The third kappa shape index (κ3) is 5.90. The van der Waals surface area contributed by atoms with Gasteiger partial charge in [-0.25, -0.2) is 9.78 Å². The number of thioether (sulfide) groups is 1. The SMILES string of the molecule is CC(C)OC(=O)c1ccc(NC(=O)CSc2n[nH]c(C(C)C)n2)cc1. The van der Waals surface area contributed by atoms with Gasteiger partial charge in [-0.3, -0.25) is 9.89 Å². The molecular formula is C17H22N4O3S. The normalized spacial score (nSPS) is 11.0. The maximum atomic E-state index is 12.0. The van der Waals surface area contributed by atoms with E-state index in [4.69, 9.17) is 4.74 Å². The minimum atomic E-state index is -0.381. The fraction of sp³-hybridized carbons (Fsp3) is 0.412. The molecule has 1 amide bonds. The van der Waals surface area contributed by atoms with Gasteiger partial charge in [-0.2, -0.15) is 0 Å². The topological polar surface area (TPSA) is 97.0 Å². The van der Waals surface area contributed by atoms with Crippen LogP contribution in [0.3, 0.4) is 0 Å². The molecule has 0 atom stereocenters. The number of benzene rings is 1. The molecule has 1 aromatic carbocycles. The smallest absolute Gasteiger partial charge is 0.338 e. The second-order valence-electron chi connectivity index (χ2n) is 6.03. The van der Waals surface area contributed by atoms with Crippen molar-refractivity contribution in [2.75, 3.05) is 11.1 Å². The maximum Gasteiger partial charge on any atom is 0.338 e. The molecule has 7 nitrogen and oxygen atoms in total. The van der Waals surface area contributed by atoms with Crippen LogP contribution in [0.2, 0.25) is 0 Å². The van der Waals surface area contributed by atoms with Gasteiger partial charge in [0.2, 0.25) is 11.1 Å². The molecule has 0 radical (unpaired) electrons. The first-order chi connectivity index (χ1) is 11.8. The van der Waals surface area contributed by atoms with Crippen molar-refractivity contribution in [3.05, 3.63) is 35.7 Å². The Hall–Kier alpha value is -2.35. The lowest BCUT2D eigenvalue weighted by molar-refractivity contribution is -0.113. The first-order valence-corrected chi connectivity index (χ1v) is 8.99. The van der Waals surface area contributed by atoms with Crippen LogP contribution in [0.1, 0.15) is 49.8 Å². The van der Waals surface area contributed by atoms with Gasteiger partial charge in [0.25, 0.3) is 0 Å². The van der Waals surface area contributed by atoms with E-state index in [0.29, 0.717) is 16.4 Å². The molecule has 0 spiro atoms. The van der Waals surface area contributed by atoms with Gasteiger partial charge in [-0.05, 0) is 38.1 Å². The predicted molar refractivity (Wildman–Crippen MR) is 96.8 cm³/mol. The van der Waals surface area contributed by atoms with Gasteiger partial charge in [0.15, 0.2) is 0 Å². The molecular weight excluding hydrogens is 340 g/mol. The van der Waals surface area contributed by atoms with E-state index in [-0.39, 0.29) is 29.7 Å². The molecule has 0 aliphatic heterocycles. The quantitative estimate of drug-likeness (QED) is 0.580. The Balaban J connectivity index is 1.84. The Kier molecular flexibility index (Phi) is 6.58. The summed E-state index contributed by atoms with van der Waals surface area (Å²) in [5, 5.41) is 10.2. The molecule has 2 aromatic rings. The molecule has 0 unspecified atom stereocenters. The largest absolute Gasteiger partial charge is 0.459 e. The van der Waals surface area contributed by atoms with Gasteiger partial charge < -0.3 is 10.1 Å². The number of hydrogen-bond donors (Lipinski definition) is 2. The van der Waals surface area contributed by atoms with Gasteiger partial charge in [-0.15, -0.1) is 5.10 Å². The van der Waals surface area contributed by atoms with Gasteiger partial charge >= 0.3 is 5.97 Å². The number of aromatic nitrogens is 3. The number of carbonyl (C=O) groups is 2. The third-order valence-electron chi connectivity index (χ3n) is 3.11.